The largest absolute Gasteiger partial charge is 0.467 e. The van der Waals surface area contributed by atoms with E-state index < -0.39 is 10.0 Å². The number of aryl methyl sites for hydroxylation is 1. The van der Waals surface area contributed by atoms with E-state index in [1.165, 1.54) is 0 Å². The van der Waals surface area contributed by atoms with E-state index in [4.69, 9.17) is 30.8 Å². The molecule has 0 spiro atoms. The van der Waals surface area contributed by atoms with Crippen LogP contribution in [-0.2, 0) is 38.4 Å². The van der Waals surface area contributed by atoms with Gasteiger partial charge >= 0.3 is 0 Å². The van der Waals surface area contributed by atoms with Crippen molar-refractivity contribution in [2.45, 2.75) is 62.1 Å². The summed E-state index contributed by atoms with van der Waals surface area (Å²) in [5, 5.41) is 1.46. The van der Waals surface area contributed by atoms with Gasteiger partial charge in [0, 0.05) is 54.8 Å². The molecule has 0 bridgehead atoms. The summed E-state index contributed by atoms with van der Waals surface area (Å²) >= 11 is 7.96. The van der Waals surface area contributed by atoms with Crippen molar-refractivity contribution in [1.82, 2.24) is 13.9 Å². The second-order valence-corrected chi connectivity index (χ2v) is 13.1. The maximum absolute atomic E-state index is 13.4. The summed E-state index contributed by atoms with van der Waals surface area (Å²) in [7, 11) is -3.57. The van der Waals surface area contributed by atoms with Crippen molar-refractivity contribution in [3.8, 4) is 5.75 Å². The Labute approximate surface area is 233 Å². The van der Waals surface area contributed by atoms with Crippen molar-refractivity contribution >= 4 is 44.4 Å². The highest BCUT2D eigenvalue weighted by Crippen LogP contribution is 2.36. The molecule has 2 aliphatic heterocycles. The number of ether oxygens (including phenoxy) is 3. The quantitative estimate of drug-likeness (QED) is 0.225. The third-order valence-electron chi connectivity index (χ3n) is 6.93. The van der Waals surface area contributed by atoms with E-state index in [0.717, 1.165) is 46.8 Å². The molecule has 1 fully saturated rings. The Bertz CT molecular complexity index is 1400. The third-order valence-corrected chi connectivity index (χ3v) is 10.0. The predicted molar refractivity (Wildman–Crippen MR) is 149 cm³/mol. The average Bonchev–Trinajstić information content (AvgIpc) is 3.26. The molecule has 8 nitrogen and oxygen atoms in total. The van der Waals surface area contributed by atoms with Gasteiger partial charge in [0.05, 0.1) is 22.5 Å². The number of nitrogens with zero attached hydrogens (tertiary/aromatic N) is 3. The van der Waals surface area contributed by atoms with Crippen LogP contribution in [0.25, 0.3) is 11.0 Å². The maximum atomic E-state index is 13.4. The standard InChI is InChI=1S/C27H34ClN3O5S2/c1-3-34-11-5-10-31-25-8-7-23(38(32,33)30-9-4-6-19(2)15-30)14-24(25)29-27(31)37-17-21-13-22(28)12-20-16-35-18-36-26(20)21/h7-8,12-14,19H,3-6,9-11,15-18H2,1-2H3. The summed E-state index contributed by atoms with van der Waals surface area (Å²) in [5.74, 6) is 1.79. The first-order valence-electron chi connectivity index (χ1n) is 13.1. The average molecular weight is 580 g/mol. The number of benzene rings is 2. The van der Waals surface area contributed by atoms with Crippen LogP contribution in [0.1, 0.15) is 44.2 Å². The van der Waals surface area contributed by atoms with Crippen LogP contribution in [0.15, 0.2) is 40.4 Å². The van der Waals surface area contributed by atoms with Crippen molar-refractivity contribution in [1.29, 1.82) is 0 Å². The fourth-order valence-corrected chi connectivity index (χ4v) is 7.95. The molecule has 0 saturated carbocycles. The van der Waals surface area contributed by atoms with Crippen LogP contribution in [0.3, 0.4) is 0 Å². The molecule has 0 radical (unpaired) electrons. The predicted octanol–water partition coefficient (Wildman–Crippen LogP) is 5.70. The second kappa shape index (κ2) is 12.1. The third kappa shape index (κ3) is 6.00. The molecule has 2 aromatic carbocycles. The van der Waals surface area contributed by atoms with E-state index in [0.29, 0.717) is 66.6 Å². The molecule has 2 aliphatic rings. The first kappa shape index (κ1) is 27.7. The first-order chi connectivity index (χ1) is 18.4. The van der Waals surface area contributed by atoms with Gasteiger partial charge in [-0.3, -0.25) is 0 Å². The molecule has 5 rings (SSSR count). The summed E-state index contributed by atoms with van der Waals surface area (Å²) in [5.41, 5.74) is 3.50. The topological polar surface area (TPSA) is 82.9 Å². The summed E-state index contributed by atoms with van der Waals surface area (Å²) in [4.78, 5) is 5.20. The molecular formula is C27H34ClN3O5S2. The summed E-state index contributed by atoms with van der Waals surface area (Å²) in [6.07, 6.45) is 2.78. The van der Waals surface area contributed by atoms with Gasteiger partial charge in [-0.2, -0.15) is 4.31 Å². The maximum Gasteiger partial charge on any atom is 0.243 e. The van der Waals surface area contributed by atoms with E-state index in [1.54, 1.807) is 28.2 Å². The minimum absolute atomic E-state index is 0.218. The Hall–Kier alpha value is -1.82. The summed E-state index contributed by atoms with van der Waals surface area (Å²) in [6.45, 7) is 7.93. The SMILES string of the molecule is CCOCCCn1c(SCc2cc(Cl)cc3c2OCOC3)nc2cc(S(=O)(=O)N3CCCC(C)C3)ccc21. The normalized spacial score (nSPS) is 18.4. The summed E-state index contributed by atoms with van der Waals surface area (Å²) in [6, 6.07) is 9.11. The van der Waals surface area contributed by atoms with Gasteiger partial charge in [-0.05, 0) is 62.4 Å². The fraction of sp³-hybridized carbons (Fsp3) is 0.519. The molecule has 0 N–H and O–H groups in total. The van der Waals surface area contributed by atoms with Gasteiger partial charge in [0.2, 0.25) is 10.0 Å². The molecule has 11 heteroatoms. The molecule has 1 aromatic heterocycles. The van der Waals surface area contributed by atoms with Gasteiger partial charge in [0.15, 0.2) is 11.9 Å². The van der Waals surface area contributed by atoms with Gasteiger partial charge in [0.1, 0.15) is 5.75 Å². The van der Waals surface area contributed by atoms with Gasteiger partial charge in [-0.15, -0.1) is 0 Å². The number of hydrogen-bond acceptors (Lipinski definition) is 7. The Morgan fingerprint density at radius 3 is 2.95 bits per heavy atom. The number of hydrogen-bond donors (Lipinski definition) is 0. The minimum Gasteiger partial charge on any atom is -0.467 e. The van der Waals surface area contributed by atoms with Crippen LogP contribution in [0.4, 0.5) is 0 Å². The van der Waals surface area contributed by atoms with E-state index in [1.807, 2.05) is 25.1 Å². The number of sulfonamides is 1. The van der Waals surface area contributed by atoms with Gasteiger partial charge in [0.25, 0.3) is 0 Å². The number of fused-ring (bicyclic) bond motifs is 2. The van der Waals surface area contributed by atoms with Crippen LogP contribution < -0.4 is 4.74 Å². The van der Waals surface area contributed by atoms with E-state index in [2.05, 4.69) is 11.5 Å². The molecule has 3 heterocycles. The molecule has 1 saturated heterocycles. The highest BCUT2D eigenvalue weighted by molar-refractivity contribution is 7.98. The van der Waals surface area contributed by atoms with Crippen molar-refractivity contribution in [2.24, 2.45) is 5.92 Å². The molecule has 1 unspecified atom stereocenters. The van der Waals surface area contributed by atoms with Crippen molar-refractivity contribution in [2.75, 3.05) is 33.1 Å². The lowest BCUT2D eigenvalue weighted by atomic mass is 10.0. The molecular weight excluding hydrogens is 546 g/mol. The smallest absolute Gasteiger partial charge is 0.243 e. The van der Waals surface area contributed by atoms with Crippen LogP contribution >= 0.6 is 23.4 Å². The lowest BCUT2D eigenvalue weighted by Gasteiger charge is -2.30. The van der Waals surface area contributed by atoms with E-state index >= 15 is 0 Å². The van der Waals surface area contributed by atoms with Crippen LogP contribution in [0, 0.1) is 5.92 Å². The Balaban J connectivity index is 1.45. The second-order valence-electron chi connectivity index (χ2n) is 9.81. The summed E-state index contributed by atoms with van der Waals surface area (Å²) < 4.78 is 47.4. The molecule has 0 amide bonds. The zero-order valence-corrected chi connectivity index (χ0v) is 24.2. The van der Waals surface area contributed by atoms with Gasteiger partial charge < -0.3 is 18.8 Å². The Morgan fingerprint density at radius 2 is 2.13 bits per heavy atom. The van der Waals surface area contributed by atoms with Crippen LogP contribution in [-0.4, -0.2) is 55.4 Å². The molecule has 0 aliphatic carbocycles. The van der Waals surface area contributed by atoms with Gasteiger partial charge in [-0.25, -0.2) is 13.4 Å². The van der Waals surface area contributed by atoms with Crippen LogP contribution in [0.2, 0.25) is 5.02 Å². The van der Waals surface area contributed by atoms with Crippen molar-refractivity contribution in [3.63, 3.8) is 0 Å². The molecule has 3 aromatic rings. The molecule has 206 valence electrons. The van der Waals surface area contributed by atoms with Gasteiger partial charge in [-0.1, -0.05) is 30.3 Å². The molecule has 38 heavy (non-hydrogen) atoms. The van der Waals surface area contributed by atoms with Crippen LogP contribution in [0.5, 0.6) is 5.75 Å². The zero-order chi connectivity index (χ0) is 26.7. The van der Waals surface area contributed by atoms with E-state index in [9.17, 15) is 8.42 Å². The Morgan fingerprint density at radius 1 is 1.26 bits per heavy atom. The van der Waals surface area contributed by atoms with E-state index in [-0.39, 0.29) is 6.79 Å². The number of halogens is 1. The monoisotopic (exact) mass is 579 g/mol. The van der Waals surface area contributed by atoms with Crippen molar-refractivity contribution < 1.29 is 22.6 Å². The number of rotatable bonds is 10. The fourth-order valence-electron chi connectivity index (χ4n) is 5.06. The Kier molecular flexibility index (Phi) is 8.86. The number of piperidine rings is 1. The zero-order valence-electron chi connectivity index (χ0n) is 21.8. The molecule has 1 atom stereocenters. The highest BCUT2D eigenvalue weighted by atomic mass is 35.5. The lowest BCUT2D eigenvalue weighted by molar-refractivity contribution is -0.0168. The van der Waals surface area contributed by atoms with Crippen molar-refractivity contribution in [3.05, 3.63) is 46.5 Å². The number of thioether (sulfide) groups is 1. The highest BCUT2D eigenvalue weighted by Gasteiger charge is 2.29. The number of aromatic nitrogens is 2. The first-order valence-corrected chi connectivity index (χ1v) is 15.9. The lowest BCUT2D eigenvalue weighted by Crippen LogP contribution is -2.39. The number of imidazole rings is 1. The minimum atomic E-state index is -3.57.